The number of hydrogen-bond acceptors (Lipinski definition) is 4. The lowest BCUT2D eigenvalue weighted by atomic mass is 10.1. The van der Waals surface area contributed by atoms with Crippen molar-refractivity contribution in [1.29, 1.82) is 0 Å². The van der Waals surface area contributed by atoms with Crippen LogP contribution in [0.15, 0.2) is 42.5 Å². The topological polar surface area (TPSA) is 48.0 Å². The summed E-state index contributed by atoms with van der Waals surface area (Å²) in [5.41, 5.74) is 1.95. The summed E-state index contributed by atoms with van der Waals surface area (Å²) in [6, 6.07) is 13.9. The van der Waals surface area contributed by atoms with E-state index in [2.05, 4.69) is 13.8 Å². The smallest absolute Gasteiger partial charge is 0.227 e. The Labute approximate surface area is 161 Å². The van der Waals surface area contributed by atoms with Gasteiger partial charge in [0.2, 0.25) is 11.7 Å². The van der Waals surface area contributed by atoms with Crippen LogP contribution in [0.5, 0.6) is 17.2 Å². The van der Waals surface area contributed by atoms with Crippen LogP contribution in [-0.2, 0) is 17.8 Å². The molecule has 0 radical (unpaired) electrons. The molecule has 0 heterocycles. The number of rotatable bonds is 9. The van der Waals surface area contributed by atoms with Gasteiger partial charge in [-0.25, -0.2) is 0 Å². The molecule has 2 rings (SSSR count). The molecule has 0 saturated heterocycles. The Morgan fingerprint density at radius 3 is 2.04 bits per heavy atom. The van der Waals surface area contributed by atoms with Crippen molar-refractivity contribution in [3.63, 3.8) is 0 Å². The minimum absolute atomic E-state index is 0.0717. The molecule has 0 aliphatic rings. The first-order chi connectivity index (χ1) is 13.0. The number of nitrogens with zero attached hydrogens (tertiary/aromatic N) is 1. The third-order valence-electron chi connectivity index (χ3n) is 4.72. The SMILES string of the molecule is CCC(C)N(Cc1ccccc1)C(=O)Cc1cc(OC)c(OC)c(OC)c1. The summed E-state index contributed by atoms with van der Waals surface area (Å²) in [6.45, 7) is 4.77. The van der Waals surface area contributed by atoms with Gasteiger partial charge in [-0.15, -0.1) is 0 Å². The van der Waals surface area contributed by atoms with Crippen LogP contribution in [0, 0.1) is 0 Å². The molecular formula is C22H29NO4. The van der Waals surface area contributed by atoms with Crippen LogP contribution in [0.3, 0.4) is 0 Å². The maximum atomic E-state index is 13.1. The number of amides is 1. The molecule has 146 valence electrons. The van der Waals surface area contributed by atoms with Gasteiger partial charge in [-0.1, -0.05) is 37.3 Å². The fourth-order valence-electron chi connectivity index (χ4n) is 3.00. The Bertz CT molecular complexity index is 720. The van der Waals surface area contributed by atoms with E-state index >= 15 is 0 Å². The Morgan fingerprint density at radius 1 is 0.963 bits per heavy atom. The van der Waals surface area contributed by atoms with Crippen LogP contribution < -0.4 is 14.2 Å². The second-order valence-corrected chi connectivity index (χ2v) is 6.47. The van der Waals surface area contributed by atoms with E-state index < -0.39 is 0 Å². The van der Waals surface area contributed by atoms with Crippen molar-refractivity contribution in [2.75, 3.05) is 21.3 Å². The van der Waals surface area contributed by atoms with Crippen molar-refractivity contribution in [2.45, 2.75) is 39.3 Å². The summed E-state index contributed by atoms with van der Waals surface area (Å²) in [6.07, 6.45) is 1.17. The highest BCUT2D eigenvalue weighted by atomic mass is 16.5. The van der Waals surface area contributed by atoms with Gasteiger partial charge in [0.1, 0.15) is 0 Å². The first kappa shape index (κ1) is 20.6. The number of carbonyl (C=O) groups excluding carboxylic acids is 1. The van der Waals surface area contributed by atoms with Gasteiger partial charge in [0, 0.05) is 12.6 Å². The fourth-order valence-corrected chi connectivity index (χ4v) is 3.00. The number of carbonyl (C=O) groups is 1. The van der Waals surface area contributed by atoms with E-state index in [0.29, 0.717) is 23.8 Å². The molecule has 0 fully saturated rings. The highest BCUT2D eigenvalue weighted by Crippen LogP contribution is 2.38. The van der Waals surface area contributed by atoms with Gasteiger partial charge < -0.3 is 19.1 Å². The summed E-state index contributed by atoms with van der Waals surface area (Å²) >= 11 is 0. The van der Waals surface area contributed by atoms with Gasteiger partial charge in [0.15, 0.2) is 11.5 Å². The molecule has 1 amide bonds. The number of benzene rings is 2. The quantitative estimate of drug-likeness (QED) is 0.666. The average molecular weight is 371 g/mol. The van der Waals surface area contributed by atoms with Crippen molar-refractivity contribution in [1.82, 2.24) is 4.90 Å². The van der Waals surface area contributed by atoms with Crippen LogP contribution >= 0.6 is 0 Å². The van der Waals surface area contributed by atoms with Crippen molar-refractivity contribution >= 4 is 5.91 Å². The normalized spacial score (nSPS) is 11.6. The lowest BCUT2D eigenvalue weighted by Crippen LogP contribution is -2.38. The fraction of sp³-hybridized carbons (Fsp3) is 0.409. The molecule has 0 bridgehead atoms. The van der Waals surface area contributed by atoms with E-state index in [4.69, 9.17) is 14.2 Å². The van der Waals surface area contributed by atoms with Gasteiger partial charge in [-0.3, -0.25) is 4.79 Å². The Hall–Kier alpha value is -2.69. The van der Waals surface area contributed by atoms with E-state index in [1.165, 1.54) is 0 Å². The first-order valence-corrected chi connectivity index (χ1v) is 9.16. The molecule has 0 aliphatic heterocycles. The van der Waals surface area contributed by atoms with E-state index in [1.807, 2.05) is 47.4 Å². The molecule has 0 saturated carbocycles. The molecule has 5 nitrogen and oxygen atoms in total. The average Bonchev–Trinajstić information content (AvgIpc) is 2.71. The van der Waals surface area contributed by atoms with Gasteiger partial charge in [-0.05, 0) is 36.6 Å². The maximum Gasteiger partial charge on any atom is 0.227 e. The first-order valence-electron chi connectivity index (χ1n) is 9.16. The predicted octanol–water partition coefficient (Wildman–Crippen LogP) is 4.08. The van der Waals surface area contributed by atoms with Gasteiger partial charge in [0.25, 0.3) is 0 Å². The van der Waals surface area contributed by atoms with E-state index in [9.17, 15) is 4.79 Å². The zero-order valence-electron chi connectivity index (χ0n) is 16.8. The zero-order chi connectivity index (χ0) is 19.8. The number of ether oxygens (including phenoxy) is 3. The molecule has 1 unspecified atom stereocenters. The van der Waals surface area contributed by atoms with Crippen LogP contribution in [0.1, 0.15) is 31.4 Å². The molecule has 27 heavy (non-hydrogen) atoms. The van der Waals surface area contributed by atoms with Crippen molar-refractivity contribution < 1.29 is 19.0 Å². The van der Waals surface area contributed by atoms with E-state index in [1.54, 1.807) is 21.3 Å². The van der Waals surface area contributed by atoms with Gasteiger partial charge in [0.05, 0.1) is 27.8 Å². The molecule has 0 N–H and O–H groups in total. The Kier molecular flexibility index (Phi) is 7.53. The van der Waals surface area contributed by atoms with Crippen LogP contribution in [0.25, 0.3) is 0 Å². The van der Waals surface area contributed by atoms with Gasteiger partial charge >= 0.3 is 0 Å². The van der Waals surface area contributed by atoms with Crippen molar-refractivity contribution in [2.24, 2.45) is 0 Å². The summed E-state index contributed by atoms with van der Waals surface area (Å²) < 4.78 is 16.1. The minimum atomic E-state index is 0.0717. The van der Waals surface area contributed by atoms with Crippen LogP contribution in [0.2, 0.25) is 0 Å². The molecule has 0 aliphatic carbocycles. The minimum Gasteiger partial charge on any atom is -0.493 e. The summed E-state index contributed by atoms with van der Waals surface area (Å²) in [4.78, 5) is 15.0. The molecule has 2 aromatic rings. The third kappa shape index (κ3) is 5.16. The van der Waals surface area contributed by atoms with E-state index in [-0.39, 0.29) is 18.4 Å². The molecular weight excluding hydrogens is 342 g/mol. The van der Waals surface area contributed by atoms with Crippen molar-refractivity contribution in [3.8, 4) is 17.2 Å². The standard InChI is InChI=1S/C22H29NO4/c1-6-16(2)23(15-17-10-8-7-9-11-17)21(24)14-18-12-19(25-3)22(27-5)20(13-18)26-4/h7-13,16H,6,14-15H2,1-5H3. The third-order valence-corrected chi connectivity index (χ3v) is 4.72. The second kappa shape index (κ2) is 9.86. The maximum absolute atomic E-state index is 13.1. The highest BCUT2D eigenvalue weighted by molar-refractivity contribution is 5.79. The van der Waals surface area contributed by atoms with E-state index in [0.717, 1.165) is 17.5 Å². The lowest BCUT2D eigenvalue weighted by molar-refractivity contribution is -0.133. The lowest BCUT2D eigenvalue weighted by Gasteiger charge is -2.29. The predicted molar refractivity (Wildman–Crippen MR) is 107 cm³/mol. The molecule has 2 aromatic carbocycles. The molecule has 5 heteroatoms. The van der Waals surface area contributed by atoms with Gasteiger partial charge in [-0.2, -0.15) is 0 Å². The Balaban J connectivity index is 2.26. The summed E-state index contributed by atoms with van der Waals surface area (Å²) in [5.74, 6) is 1.71. The monoisotopic (exact) mass is 371 g/mol. The van der Waals surface area contributed by atoms with Crippen molar-refractivity contribution in [3.05, 3.63) is 53.6 Å². The highest BCUT2D eigenvalue weighted by Gasteiger charge is 2.21. The Morgan fingerprint density at radius 2 is 1.56 bits per heavy atom. The van der Waals surface area contributed by atoms with Crippen LogP contribution in [-0.4, -0.2) is 38.2 Å². The summed E-state index contributed by atoms with van der Waals surface area (Å²) in [5, 5.41) is 0. The zero-order valence-corrected chi connectivity index (χ0v) is 16.8. The molecule has 0 spiro atoms. The van der Waals surface area contributed by atoms with Crippen LogP contribution in [0.4, 0.5) is 0 Å². The largest absolute Gasteiger partial charge is 0.493 e. The number of hydrogen-bond donors (Lipinski definition) is 0. The molecule has 1 atom stereocenters. The second-order valence-electron chi connectivity index (χ2n) is 6.47. The molecule has 0 aromatic heterocycles. The summed E-state index contributed by atoms with van der Waals surface area (Å²) in [7, 11) is 4.71. The number of methoxy groups -OCH3 is 3.